The maximum Gasteiger partial charge on any atom is 0.256 e. The van der Waals surface area contributed by atoms with Crippen LogP contribution in [-0.4, -0.2) is 84.8 Å². The predicted octanol–water partition coefficient (Wildman–Crippen LogP) is 5.89. The number of hydrogen-bond donors (Lipinski definition) is 2. The largest absolute Gasteiger partial charge is 0.779 e. The molecule has 1 amide bonds. The lowest BCUT2D eigenvalue weighted by molar-refractivity contribution is -0.894. The van der Waals surface area contributed by atoms with Gasteiger partial charge in [0, 0.05) is 18.6 Å². The summed E-state index contributed by atoms with van der Waals surface area (Å²) < 4.78 is 44.5. The number of quaternary nitrogens is 1. The molecule has 0 aliphatic carbocycles. The van der Waals surface area contributed by atoms with Crippen LogP contribution in [0, 0.1) is 0 Å². The van der Waals surface area contributed by atoms with Gasteiger partial charge in [-0.3, -0.25) is 9.36 Å². The number of methoxy groups -OCH3 is 2. The van der Waals surface area contributed by atoms with Gasteiger partial charge in [-0.15, -0.1) is 0 Å². The first kappa shape index (κ1) is 44.1. The van der Waals surface area contributed by atoms with E-state index in [1.807, 2.05) is 84.9 Å². The quantitative estimate of drug-likeness (QED) is 0.0883. The molecule has 0 saturated carbocycles. The zero-order chi connectivity index (χ0) is 42.7. The Kier molecular flexibility index (Phi) is 14.8. The van der Waals surface area contributed by atoms with Crippen molar-refractivity contribution >= 4 is 30.5 Å². The van der Waals surface area contributed by atoms with Gasteiger partial charge in [0.05, 0.1) is 52.9 Å². The first-order chi connectivity index (χ1) is 29.0. The Morgan fingerprint density at radius 2 is 1.38 bits per heavy atom. The molecule has 2 aromatic heterocycles. The highest BCUT2D eigenvalue weighted by Gasteiger charge is 2.44. The standard InChI is InChI=1S/C39H38N5O8P.C6H15N/c1-48-30-18-14-28(15-19-30)39(27-12-8-5-9-13-27,29-16-20-31(49-2)21-17-29)50-23-33-32(52-53(3,46)47)22-34(51-33)44-25-42-35-36(40-24-41-37(35)44)43-38(45)26-10-6-4-7-11-26;1-4-7(5-2)6-3/h4-21,24-25,32-34H,22-23H2,1-3H3,(H,46,47)(H,40,41,43,45);4-6H2,1-3H3/t32-,33+,34+;/m0./s1. The molecule has 1 saturated heterocycles. The summed E-state index contributed by atoms with van der Waals surface area (Å²) in [5, 5.41) is 2.81. The number of rotatable bonds is 16. The van der Waals surface area contributed by atoms with Gasteiger partial charge in [0.1, 0.15) is 43.4 Å². The Morgan fingerprint density at radius 3 is 1.90 bits per heavy atom. The molecule has 4 aromatic carbocycles. The number of ether oxygens (including phenoxy) is 4. The summed E-state index contributed by atoms with van der Waals surface area (Å²) in [6.45, 7) is 11.4. The van der Waals surface area contributed by atoms with Crippen molar-refractivity contribution < 1.29 is 42.6 Å². The van der Waals surface area contributed by atoms with Crippen molar-refractivity contribution in [2.75, 3.05) is 52.4 Å². The highest BCUT2D eigenvalue weighted by atomic mass is 31.2. The third-order valence-electron chi connectivity index (χ3n) is 10.6. The highest BCUT2D eigenvalue weighted by molar-refractivity contribution is 7.50. The molecule has 60 heavy (non-hydrogen) atoms. The molecule has 15 heteroatoms. The molecule has 1 aliphatic heterocycles. The fraction of sp³-hybridized carbons (Fsp3) is 0.333. The van der Waals surface area contributed by atoms with Crippen LogP contribution in [0.15, 0.2) is 122 Å². The minimum atomic E-state index is -4.22. The number of imidazole rings is 1. The molecule has 1 unspecified atom stereocenters. The van der Waals surface area contributed by atoms with E-state index in [0.717, 1.165) is 23.4 Å². The van der Waals surface area contributed by atoms with Crippen molar-refractivity contribution in [1.29, 1.82) is 0 Å². The lowest BCUT2D eigenvalue weighted by Gasteiger charge is -2.37. The van der Waals surface area contributed by atoms with Gasteiger partial charge >= 0.3 is 0 Å². The fourth-order valence-corrected chi connectivity index (χ4v) is 8.05. The maximum atomic E-state index is 12.9. The van der Waals surface area contributed by atoms with Crippen LogP contribution in [0.1, 0.15) is 60.5 Å². The van der Waals surface area contributed by atoms with Gasteiger partial charge in [-0.25, -0.2) is 15.0 Å². The van der Waals surface area contributed by atoms with Crippen LogP contribution in [0.3, 0.4) is 0 Å². The van der Waals surface area contributed by atoms with Gasteiger partial charge in [0.15, 0.2) is 17.0 Å². The predicted molar refractivity (Wildman–Crippen MR) is 227 cm³/mol. The number of benzene rings is 4. The molecule has 316 valence electrons. The van der Waals surface area contributed by atoms with Crippen LogP contribution in [0.25, 0.3) is 11.2 Å². The number of nitrogens with one attached hydrogen (secondary N) is 2. The average molecular weight is 837 g/mol. The average Bonchev–Trinajstić information content (AvgIpc) is 3.89. The summed E-state index contributed by atoms with van der Waals surface area (Å²) in [7, 11) is -1.02. The smallest absolute Gasteiger partial charge is 0.256 e. The second kappa shape index (κ2) is 20.2. The van der Waals surface area contributed by atoms with Crippen molar-refractivity contribution in [3.63, 3.8) is 0 Å². The third kappa shape index (κ3) is 10.3. The molecule has 0 radical (unpaired) electrons. The molecule has 1 aliphatic rings. The van der Waals surface area contributed by atoms with Gasteiger partial charge in [-0.1, -0.05) is 72.8 Å². The first-order valence-corrected chi connectivity index (χ1v) is 22.0. The van der Waals surface area contributed by atoms with Crippen molar-refractivity contribution in [3.05, 3.63) is 144 Å². The molecule has 2 N–H and O–H groups in total. The molecule has 0 bridgehead atoms. The van der Waals surface area contributed by atoms with Crippen molar-refractivity contribution in [1.82, 2.24) is 19.5 Å². The Hall–Kier alpha value is -5.47. The van der Waals surface area contributed by atoms with Crippen molar-refractivity contribution in [2.45, 2.75) is 51.2 Å². The van der Waals surface area contributed by atoms with E-state index in [0.29, 0.717) is 28.2 Å². The number of nitrogens with zero attached hydrogens (tertiary/aromatic N) is 4. The van der Waals surface area contributed by atoms with Gasteiger partial charge in [0.25, 0.3) is 5.91 Å². The first-order valence-electron chi connectivity index (χ1n) is 20.0. The van der Waals surface area contributed by atoms with Gasteiger partial charge < -0.3 is 43.1 Å². The zero-order valence-electron chi connectivity index (χ0n) is 34.8. The minimum absolute atomic E-state index is 0.0753. The van der Waals surface area contributed by atoms with Crippen LogP contribution in [0.5, 0.6) is 11.5 Å². The molecule has 14 nitrogen and oxygen atoms in total. The summed E-state index contributed by atoms with van der Waals surface area (Å²) in [5.74, 6) is 1.22. The van der Waals surface area contributed by atoms with E-state index < -0.39 is 31.6 Å². The van der Waals surface area contributed by atoms with E-state index in [1.54, 1.807) is 48.0 Å². The van der Waals surface area contributed by atoms with Gasteiger partial charge in [-0.05, 0) is 73.9 Å². The fourth-order valence-electron chi connectivity index (χ4n) is 7.33. The van der Waals surface area contributed by atoms with Crippen molar-refractivity contribution in [3.8, 4) is 11.5 Å². The van der Waals surface area contributed by atoms with E-state index in [1.165, 1.54) is 32.3 Å². The van der Waals surface area contributed by atoms with E-state index in [-0.39, 0.29) is 24.8 Å². The lowest BCUT2D eigenvalue weighted by atomic mass is 9.80. The molecular formula is C45H53N6O8P. The highest BCUT2D eigenvalue weighted by Crippen LogP contribution is 2.45. The summed E-state index contributed by atoms with van der Waals surface area (Å²) in [6.07, 6.45) is 0.474. The Bertz CT molecular complexity index is 2270. The third-order valence-corrected chi connectivity index (χ3v) is 11.2. The number of aromatic nitrogens is 4. The molecule has 3 heterocycles. The minimum Gasteiger partial charge on any atom is -0.779 e. The van der Waals surface area contributed by atoms with Crippen LogP contribution in [-0.2, 0) is 24.2 Å². The van der Waals surface area contributed by atoms with E-state index >= 15 is 0 Å². The summed E-state index contributed by atoms with van der Waals surface area (Å²) in [6, 6.07) is 33.7. The van der Waals surface area contributed by atoms with Crippen molar-refractivity contribution in [2.24, 2.45) is 0 Å². The van der Waals surface area contributed by atoms with Gasteiger partial charge in [0.2, 0.25) is 0 Å². The van der Waals surface area contributed by atoms with Crippen LogP contribution < -0.4 is 24.6 Å². The Labute approximate surface area is 351 Å². The Balaban J connectivity index is 0.000000793. The monoisotopic (exact) mass is 836 g/mol. The maximum absolute atomic E-state index is 12.9. The normalized spacial score (nSPS) is 17.4. The molecule has 0 spiro atoms. The molecule has 7 rings (SSSR count). The molecule has 1 fully saturated rings. The number of carbonyl (C=O) groups is 1. The van der Waals surface area contributed by atoms with Crippen LogP contribution in [0.4, 0.5) is 5.82 Å². The number of amides is 1. The second-order valence-electron chi connectivity index (χ2n) is 14.3. The van der Waals surface area contributed by atoms with E-state index in [4.69, 9.17) is 23.5 Å². The number of hydrogen-bond acceptors (Lipinski definition) is 11. The topological polar surface area (TPSA) is 163 Å². The van der Waals surface area contributed by atoms with E-state index in [9.17, 15) is 14.3 Å². The van der Waals surface area contributed by atoms with Gasteiger partial charge in [-0.2, -0.15) is 0 Å². The second-order valence-corrected chi connectivity index (χ2v) is 16.0. The molecule has 6 aromatic rings. The summed E-state index contributed by atoms with van der Waals surface area (Å²) >= 11 is 0. The summed E-state index contributed by atoms with van der Waals surface area (Å²) in [4.78, 5) is 40.4. The van der Waals surface area contributed by atoms with E-state index in [2.05, 4.69) is 41.0 Å². The zero-order valence-corrected chi connectivity index (χ0v) is 35.7. The molecule has 4 atom stereocenters. The number of carbonyl (C=O) groups excluding carboxylic acids is 1. The summed E-state index contributed by atoms with van der Waals surface area (Å²) in [5.41, 5.74) is 2.42. The molecular weight excluding hydrogens is 784 g/mol. The van der Waals surface area contributed by atoms with Crippen LogP contribution in [0.2, 0.25) is 0 Å². The lowest BCUT2D eigenvalue weighted by Crippen LogP contribution is -3.11. The Morgan fingerprint density at radius 1 is 0.833 bits per heavy atom. The number of anilines is 1. The SMILES string of the molecule is CC[NH+](CC)CC.COc1ccc(C(OC[C@H]2O[C@@H](n3cnc4c(NC(=O)c5ccccc5)ncnc43)C[C@@H]2OP(C)(=O)[O-])(c2ccccc2)c2ccc(OC)cc2)cc1. The van der Waals surface area contributed by atoms with Crippen LogP contribution >= 0.6 is 7.60 Å². The number of fused-ring (bicyclic) bond motifs is 1.